The van der Waals surface area contributed by atoms with Gasteiger partial charge in [-0.25, -0.2) is 4.98 Å². The highest BCUT2D eigenvalue weighted by molar-refractivity contribution is 7.17. The molecule has 0 unspecified atom stereocenters. The first-order valence-corrected chi connectivity index (χ1v) is 10.6. The summed E-state index contributed by atoms with van der Waals surface area (Å²) in [5.41, 5.74) is 2.81. The summed E-state index contributed by atoms with van der Waals surface area (Å²) in [7, 11) is 0. The zero-order chi connectivity index (χ0) is 19.7. The van der Waals surface area contributed by atoms with Crippen LogP contribution in [-0.2, 0) is 16.1 Å². The van der Waals surface area contributed by atoms with Gasteiger partial charge in [-0.1, -0.05) is 43.2 Å². The lowest BCUT2D eigenvalue weighted by Gasteiger charge is -2.26. The van der Waals surface area contributed by atoms with Crippen molar-refractivity contribution >= 4 is 27.5 Å². The first-order chi connectivity index (χ1) is 13.5. The van der Waals surface area contributed by atoms with Gasteiger partial charge in [-0.05, 0) is 37.7 Å². The number of rotatable bonds is 4. The van der Waals surface area contributed by atoms with Crippen molar-refractivity contribution in [2.45, 2.75) is 52.2 Å². The second-order valence-corrected chi connectivity index (χ2v) is 8.61. The van der Waals surface area contributed by atoms with Crippen LogP contribution in [0.25, 0.3) is 21.3 Å². The summed E-state index contributed by atoms with van der Waals surface area (Å²) in [6.45, 7) is 4.12. The lowest BCUT2D eigenvalue weighted by atomic mass is 9.89. The molecule has 1 aromatic carbocycles. The maximum atomic E-state index is 13.1. The highest BCUT2D eigenvalue weighted by Gasteiger charge is 2.23. The molecule has 1 saturated carbocycles. The molecule has 1 aliphatic carbocycles. The molecule has 6 heteroatoms. The van der Waals surface area contributed by atoms with Gasteiger partial charge in [-0.15, -0.1) is 11.3 Å². The zero-order valence-electron chi connectivity index (χ0n) is 16.2. The summed E-state index contributed by atoms with van der Waals surface area (Å²) in [4.78, 5) is 30.5. The quantitative estimate of drug-likeness (QED) is 0.607. The predicted octanol–water partition coefficient (Wildman–Crippen LogP) is 4.56. The Morgan fingerprint density at radius 2 is 2.07 bits per heavy atom. The van der Waals surface area contributed by atoms with Gasteiger partial charge in [-0.2, -0.15) is 0 Å². The summed E-state index contributed by atoms with van der Waals surface area (Å²) in [5.74, 6) is 0.213. The summed E-state index contributed by atoms with van der Waals surface area (Å²) in [6.07, 6.45) is 5.50. The Labute approximate surface area is 168 Å². The SMILES string of the molecule is Cc1ccc(-c2csc3ncn(CC(=O)O[C@H]4CCC[C@@H](C)C4)c(=O)c23)cc1. The molecular weight excluding hydrogens is 372 g/mol. The van der Waals surface area contributed by atoms with Gasteiger partial charge >= 0.3 is 5.97 Å². The Bertz CT molecular complexity index is 1050. The zero-order valence-corrected chi connectivity index (χ0v) is 17.0. The number of ether oxygens (including phenoxy) is 1. The molecule has 0 aliphatic heterocycles. The molecule has 28 heavy (non-hydrogen) atoms. The van der Waals surface area contributed by atoms with Gasteiger partial charge in [0, 0.05) is 10.9 Å². The number of hydrogen-bond donors (Lipinski definition) is 0. The van der Waals surface area contributed by atoms with Crippen molar-refractivity contribution in [2.24, 2.45) is 5.92 Å². The maximum absolute atomic E-state index is 13.1. The Morgan fingerprint density at radius 3 is 2.82 bits per heavy atom. The Kier molecular flexibility index (Phi) is 5.31. The first-order valence-electron chi connectivity index (χ1n) is 9.74. The van der Waals surface area contributed by atoms with E-state index in [9.17, 15) is 9.59 Å². The molecule has 2 heterocycles. The van der Waals surface area contributed by atoms with Crippen LogP contribution >= 0.6 is 11.3 Å². The highest BCUT2D eigenvalue weighted by Crippen LogP contribution is 2.31. The van der Waals surface area contributed by atoms with Crippen LogP contribution in [0.15, 0.2) is 40.8 Å². The molecule has 2 aromatic heterocycles. The van der Waals surface area contributed by atoms with E-state index >= 15 is 0 Å². The number of nitrogens with zero attached hydrogens (tertiary/aromatic N) is 2. The van der Waals surface area contributed by atoms with E-state index in [0.717, 1.165) is 30.4 Å². The number of benzene rings is 1. The lowest BCUT2D eigenvalue weighted by molar-refractivity contribution is -0.152. The molecule has 0 N–H and O–H groups in total. The van der Waals surface area contributed by atoms with Crippen molar-refractivity contribution in [3.8, 4) is 11.1 Å². The Morgan fingerprint density at radius 1 is 1.29 bits per heavy atom. The molecule has 146 valence electrons. The number of thiophene rings is 1. The topological polar surface area (TPSA) is 61.2 Å². The fourth-order valence-electron chi connectivity index (χ4n) is 3.87. The highest BCUT2D eigenvalue weighted by atomic mass is 32.1. The number of fused-ring (bicyclic) bond motifs is 1. The Hall–Kier alpha value is -2.47. The summed E-state index contributed by atoms with van der Waals surface area (Å²) in [6, 6.07) is 8.06. The van der Waals surface area contributed by atoms with Crippen LogP contribution in [0.4, 0.5) is 0 Å². The van der Waals surface area contributed by atoms with Crippen molar-refractivity contribution in [1.29, 1.82) is 0 Å². The number of carbonyl (C=O) groups is 1. The van der Waals surface area contributed by atoms with Crippen molar-refractivity contribution in [2.75, 3.05) is 0 Å². The van der Waals surface area contributed by atoms with Crippen LogP contribution in [0, 0.1) is 12.8 Å². The number of aryl methyl sites for hydroxylation is 1. The summed E-state index contributed by atoms with van der Waals surface area (Å²) in [5, 5.41) is 2.52. The Balaban J connectivity index is 1.59. The fourth-order valence-corrected chi connectivity index (χ4v) is 4.78. The minimum Gasteiger partial charge on any atom is -0.461 e. The molecule has 1 aliphatic rings. The van der Waals surface area contributed by atoms with E-state index in [1.165, 1.54) is 34.2 Å². The van der Waals surface area contributed by atoms with Crippen LogP contribution in [-0.4, -0.2) is 21.6 Å². The summed E-state index contributed by atoms with van der Waals surface area (Å²) >= 11 is 1.44. The smallest absolute Gasteiger partial charge is 0.326 e. The minimum atomic E-state index is -0.366. The van der Waals surface area contributed by atoms with Gasteiger partial charge < -0.3 is 4.74 Å². The third-order valence-corrected chi connectivity index (χ3v) is 6.30. The molecule has 4 rings (SSSR count). The van der Waals surface area contributed by atoms with Crippen LogP contribution in [0.3, 0.4) is 0 Å². The van der Waals surface area contributed by atoms with Gasteiger partial charge in [0.05, 0.1) is 11.7 Å². The molecule has 0 spiro atoms. The van der Waals surface area contributed by atoms with Crippen molar-refractivity contribution in [1.82, 2.24) is 9.55 Å². The molecule has 3 aromatic rings. The number of carbonyl (C=O) groups excluding carboxylic acids is 1. The number of hydrogen-bond acceptors (Lipinski definition) is 5. The molecule has 1 fully saturated rings. The third kappa shape index (κ3) is 3.87. The van der Waals surface area contributed by atoms with Gasteiger partial charge in [0.2, 0.25) is 0 Å². The van der Waals surface area contributed by atoms with E-state index in [1.807, 2.05) is 36.6 Å². The summed E-state index contributed by atoms with van der Waals surface area (Å²) < 4.78 is 6.98. The van der Waals surface area contributed by atoms with Crippen LogP contribution in [0.5, 0.6) is 0 Å². The van der Waals surface area contributed by atoms with E-state index in [4.69, 9.17) is 4.74 Å². The first kappa shape index (κ1) is 18.9. The van der Waals surface area contributed by atoms with Crippen molar-refractivity contribution in [3.05, 3.63) is 51.9 Å². The fraction of sp³-hybridized carbons (Fsp3) is 0.409. The van der Waals surface area contributed by atoms with E-state index in [-0.39, 0.29) is 24.2 Å². The normalized spacial score (nSPS) is 19.6. The number of aromatic nitrogens is 2. The van der Waals surface area contributed by atoms with Crippen molar-refractivity contribution < 1.29 is 9.53 Å². The average Bonchev–Trinajstić information content (AvgIpc) is 3.09. The van der Waals surface area contributed by atoms with E-state index < -0.39 is 0 Å². The molecule has 5 nitrogen and oxygen atoms in total. The third-order valence-electron chi connectivity index (χ3n) is 5.41. The molecule has 0 amide bonds. The van der Waals surface area contributed by atoms with Crippen molar-refractivity contribution in [3.63, 3.8) is 0 Å². The number of esters is 1. The van der Waals surface area contributed by atoms with Crippen LogP contribution in [0.1, 0.15) is 38.2 Å². The lowest BCUT2D eigenvalue weighted by Crippen LogP contribution is -2.30. The maximum Gasteiger partial charge on any atom is 0.326 e. The van der Waals surface area contributed by atoms with Crippen LogP contribution < -0.4 is 5.56 Å². The van der Waals surface area contributed by atoms with E-state index in [0.29, 0.717) is 16.1 Å². The van der Waals surface area contributed by atoms with Gasteiger partial charge in [0.1, 0.15) is 17.5 Å². The molecule has 0 bridgehead atoms. The second-order valence-electron chi connectivity index (χ2n) is 7.76. The van der Waals surface area contributed by atoms with Gasteiger partial charge in [0.25, 0.3) is 5.56 Å². The standard InChI is InChI=1S/C22H24N2O3S/c1-14-6-8-16(9-7-14)18-12-28-21-20(18)22(26)24(13-23-21)11-19(25)27-17-5-3-4-15(2)10-17/h6-9,12-13,15,17H,3-5,10-11H2,1-2H3/t15-,17+/m1/s1. The molecular formula is C22H24N2O3S. The molecule has 0 radical (unpaired) electrons. The predicted molar refractivity (Wildman–Crippen MR) is 112 cm³/mol. The minimum absolute atomic E-state index is 0.0343. The van der Waals surface area contributed by atoms with Gasteiger partial charge in [-0.3, -0.25) is 14.2 Å². The molecule has 2 atom stereocenters. The largest absolute Gasteiger partial charge is 0.461 e. The van der Waals surface area contributed by atoms with E-state index in [1.54, 1.807) is 0 Å². The van der Waals surface area contributed by atoms with E-state index in [2.05, 4.69) is 11.9 Å². The van der Waals surface area contributed by atoms with Crippen LogP contribution in [0.2, 0.25) is 0 Å². The molecule has 0 saturated heterocycles. The monoisotopic (exact) mass is 396 g/mol. The van der Waals surface area contributed by atoms with Gasteiger partial charge in [0.15, 0.2) is 0 Å². The average molecular weight is 397 g/mol. The second kappa shape index (κ2) is 7.87.